The van der Waals surface area contributed by atoms with Gasteiger partial charge < -0.3 is 15.0 Å². The number of thioether (sulfide) groups is 1. The second-order valence-corrected chi connectivity index (χ2v) is 5.94. The fourth-order valence-electron chi connectivity index (χ4n) is 2.48. The molecule has 0 aliphatic carbocycles. The van der Waals surface area contributed by atoms with Gasteiger partial charge in [0.1, 0.15) is 0 Å². The molecule has 6 heteroatoms. The van der Waals surface area contributed by atoms with Gasteiger partial charge in [-0.05, 0) is 23.8 Å². The van der Waals surface area contributed by atoms with Crippen LogP contribution < -0.4 is 10.5 Å². The molecule has 0 radical (unpaired) electrons. The van der Waals surface area contributed by atoms with Crippen LogP contribution in [0, 0.1) is 11.7 Å². The van der Waals surface area contributed by atoms with E-state index >= 15 is 0 Å². The first-order chi connectivity index (χ1) is 9.19. The summed E-state index contributed by atoms with van der Waals surface area (Å²) in [5.74, 6) is 3.23. The molecule has 1 fully saturated rings. The fraction of sp³-hybridized carbons (Fsp3) is 0.462. The molecule has 1 aliphatic heterocycles. The van der Waals surface area contributed by atoms with Crippen molar-refractivity contribution in [3.8, 4) is 5.75 Å². The third-order valence-corrected chi connectivity index (χ3v) is 4.75. The van der Waals surface area contributed by atoms with Gasteiger partial charge in [-0.3, -0.25) is 0 Å². The van der Waals surface area contributed by atoms with Crippen molar-refractivity contribution < 1.29 is 9.13 Å². The first-order valence-corrected chi connectivity index (χ1v) is 7.41. The zero-order valence-corrected chi connectivity index (χ0v) is 11.5. The lowest BCUT2D eigenvalue weighted by molar-refractivity contribution is 0.387. The van der Waals surface area contributed by atoms with E-state index in [4.69, 9.17) is 10.5 Å². The maximum atomic E-state index is 13.6. The Bertz CT molecular complexity index is 607. The number of rotatable bonds is 3. The average Bonchev–Trinajstić information content (AvgIpc) is 2.98. The number of aromatic nitrogens is 2. The smallest absolute Gasteiger partial charge is 0.201 e. The Hall–Kier alpha value is -1.43. The molecule has 0 bridgehead atoms. The zero-order chi connectivity index (χ0) is 13.4. The van der Waals surface area contributed by atoms with Crippen LogP contribution in [0.15, 0.2) is 12.1 Å². The maximum absolute atomic E-state index is 13.6. The Morgan fingerprint density at radius 1 is 1.58 bits per heavy atom. The summed E-state index contributed by atoms with van der Waals surface area (Å²) in [5.41, 5.74) is 7.38. The first-order valence-electron chi connectivity index (χ1n) is 6.26. The predicted molar refractivity (Wildman–Crippen MR) is 76.1 cm³/mol. The van der Waals surface area contributed by atoms with Crippen molar-refractivity contribution in [2.75, 3.05) is 24.3 Å². The molecule has 19 heavy (non-hydrogen) atoms. The Balaban J connectivity index is 2.04. The van der Waals surface area contributed by atoms with E-state index in [0.717, 1.165) is 17.8 Å². The summed E-state index contributed by atoms with van der Waals surface area (Å²) in [6.07, 6.45) is 1.20. The van der Waals surface area contributed by atoms with E-state index in [1.54, 1.807) is 6.07 Å². The van der Waals surface area contributed by atoms with Crippen LogP contribution in [-0.2, 0) is 6.54 Å². The third-order valence-electron chi connectivity index (χ3n) is 3.52. The highest BCUT2D eigenvalue weighted by Crippen LogP contribution is 2.30. The number of benzene rings is 1. The van der Waals surface area contributed by atoms with Crippen molar-refractivity contribution in [2.24, 2.45) is 5.92 Å². The van der Waals surface area contributed by atoms with Crippen molar-refractivity contribution in [3.05, 3.63) is 17.9 Å². The van der Waals surface area contributed by atoms with Gasteiger partial charge in [-0.25, -0.2) is 9.37 Å². The summed E-state index contributed by atoms with van der Waals surface area (Å²) in [6, 6.07) is 3.06. The number of nitrogens with zero attached hydrogens (tertiary/aromatic N) is 2. The molecule has 1 aromatic heterocycles. The normalized spacial score (nSPS) is 19.2. The number of halogens is 1. The predicted octanol–water partition coefficient (Wildman–Crippen LogP) is 2.52. The summed E-state index contributed by atoms with van der Waals surface area (Å²) in [4.78, 5) is 4.23. The number of hydrogen-bond acceptors (Lipinski definition) is 4. The van der Waals surface area contributed by atoms with Gasteiger partial charge in [0.05, 0.1) is 18.1 Å². The molecule has 1 atom stereocenters. The van der Waals surface area contributed by atoms with Crippen LogP contribution in [0.25, 0.3) is 11.0 Å². The molecule has 0 saturated carbocycles. The number of ether oxygens (including phenoxy) is 1. The summed E-state index contributed by atoms with van der Waals surface area (Å²) < 4.78 is 20.6. The molecule has 1 unspecified atom stereocenters. The SMILES string of the molecule is COc1cc2c(cc1F)nc(N)n2CC1CCSC1. The number of anilines is 1. The molecular weight excluding hydrogens is 265 g/mol. The lowest BCUT2D eigenvalue weighted by Gasteiger charge is -2.12. The number of nitrogen functional groups attached to an aromatic ring is 1. The molecular formula is C13H16FN3OS. The highest BCUT2D eigenvalue weighted by atomic mass is 32.2. The molecule has 2 aromatic rings. The lowest BCUT2D eigenvalue weighted by atomic mass is 10.1. The van der Waals surface area contributed by atoms with Crippen LogP contribution in [0.4, 0.5) is 10.3 Å². The average molecular weight is 281 g/mol. The topological polar surface area (TPSA) is 53.1 Å². The minimum atomic E-state index is -0.406. The van der Waals surface area contributed by atoms with Crippen molar-refractivity contribution in [1.29, 1.82) is 0 Å². The van der Waals surface area contributed by atoms with E-state index in [-0.39, 0.29) is 5.75 Å². The van der Waals surface area contributed by atoms with Crippen molar-refractivity contribution in [3.63, 3.8) is 0 Å². The molecule has 4 nitrogen and oxygen atoms in total. The molecule has 2 heterocycles. The van der Waals surface area contributed by atoms with Gasteiger partial charge in [-0.15, -0.1) is 0 Å². The second kappa shape index (κ2) is 4.92. The van der Waals surface area contributed by atoms with Crippen LogP contribution in [0.1, 0.15) is 6.42 Å². The van der Waals surface area contributed by atoms with E-state index in [0.29, 0.717) is 17.4 Å². The van der Waals surface area contributed by atoms with Gasteiger partial charge >= 0.3 is 0 Å². The molecule has 1 saturated heterocycles. The number of imidazole rings is 1. The van der Waals surface area contributed by atoms with Gasteiger partial charge in [-0.2, -0.15) is 11.8 Å². The number of hydrogen-bond donors (Lipinski definition) is 1. The molecule has 1 aromatic carbocycles. The minimum absolute atomic E-state index is 0.231. The Morgan fingerprint density at radius 2 is 2.42 bits per heavy atom. The second-order valence-electron chi connectivity index (χ2n) is 4.79. The van der Waals surface area contributed by atoms with Crippen LogP contribution in [-0.4, -0.2) is 28.2 Å². The van der Waals surface area contributed by atoms with Gasteiger partial charge in [0.25, 0.3) is 0 Å². The van der Waals surface area contributed by atoms with Crippen LogP contribution >= 0.6 is 11.8 Å². The monoisotopic (exact) mass is 281 g/mol. The van der Waals surface area contributed by atoms with Crippen LogP contribution in [0.3, 0.4) is 0 Å². The Labute approximate surface area is 115 Å². The van der Waals surface area contributed by atoms with Crippen molar-refractivity contribution >= 4 is 28.7 Å². The molecule has 0 spiro atoms. The van der Waals surface area contributed by atoms with E-state index in [1.807, 2.05) is 16.3 Å². The Kier molecular flexibility index (Phi) is 3.26. The van der Waals surface area contributed by atoms with E-state index in [2.05, 4.69) is 4.98 Å². The third kappa shape index (κ3) is 2.25. The van der Waals surface area contributed by atoms with Crippen LogP contribution in [0.5, 0.6) is 5.75 Å². The number of nitrogens with two attached hydrogens (primary N) is 1. The van der Waals surface area contributed by atoms with Crippen molar-refractivity contribution in [2.45, 2.75) is 13.0 Å². The fourth-order valence-corrected chi connectivity index (χ4v) is 3.75. The molecule has 3 rings (SSSR count). The van der Waals surface area contributed by atoms with Gasteiger partial charge in [0.15, 0.2) is 11.6 Å². The largest absolute Gasteiger partial charge is 0.494 e. The molecule has 1 aliphatic rings. The van der Waals surface area contributed by atoms with Gasteiger partial charge in [-0.1, -0.05) is 0 Å². The van der Waals surface area contributed by atoms with Gasteiger partial charge in [0, 0.05) is 18.7 Å². The number of methoxy groups -OCH3 is 1. The summed E-state index contributed by atoms with van der Waals surface area (Å²) in [7, 11) is 1.46. The summed E-state index contributed by atoms with van der Waals surface area (Å²) in [6.45, 7) is 0.837. The maximum Gasteiger partial charge on any atom is 0.201 e. The standard InChI is InChI=1S/C13H16FN3OS/c1-18-12-5-11-10(4-9(12)14)16-13(15)17(11)6-8-2-3-19-7-8/h4-5,8H,2-3,6-7H2,1H3,(H2,15,16). The minimum Gasteiger partial charge on any atom is -0.494 e. The highest BCUT2D eigenvalue weighted by molar-refractivity contribution is 7.99. The van der Waals surface area contributed by atoms with Gasteiger partial charge in [0.2, 0.25) is 5.95 Å². The molecule has 102 valence electrons. The quantitative estimate of drug-likeness (QED) is 0.939. The molecule has 2 N–H and O–H groups in total. The summed E-state index contributed by atoms with van der Waals surface area (Å²) in [5, 5.41) is 0. The van der Waals surface area contributed by atoms with Crippen LogP contribution in [0.2, 0.25) is 0 Å². The van der Waals surface area contributed by atoms with E-state index < -0.39 is 5.82 Å². The first kappa shape index (κ1) is 12.6. The summed E-state index contributed by atoms with van der Waals surface area (Å²) >= 11 is 1.97. The van der Waals surface area contributed by atoms with Crippen molar-refractivity contribution in [1.82, 2.24) is 9.55 Å². The molecule has 0 amide bonds. The van der Waals surface area contributed by atoms with E-state index in [1.165, 1.54) is 25.3 Å². The van der Waals surface area contributed by atoms with E-state index in [9.17, 15) is 4.39 Å². The highest BCUT2D eigenvalue weighted by Gasteiger charge is 2.19. The zero-order valence-electron chi connectivity index (χ0n) is 10.7. The lowest BCUT2D eigenvalue weighted by Crippen LogP contribution is -2.12. The number of fused-ring (bicyclic) bond motifs is 1. The Morgan fingerprint density at radius 3 is 3.11 bits per heavy atom.